The van der Waals surface area contributed by atoms with Crippen LogP contribution in [-0.4, -0.2) is 42.3 Å². The van der Waals surface area contributed by atoms with Gasteiger partial charge in [-0.1, -0.05) is 6.08 Å². The van der Waals surface area contributed by atoms with Crippen LogP contribution in [0.5, 0.6) is 11.5 Å². The Morgan fingerprint density at radius 2 is 2.08 bits per heavy atom. The molecule has 2 heterocycles. The van der Waals surface area contributed by atoms with Gasteiger partial charge in [-0.15, -0.1) is 0 Å². The number of ketones is 1. The standard InChI is InChI=1S/C19H22O6/c1-11-5-3-7-14(20)18-16(25-18)8-4-6-12-9-13(23-2)10-15(21)17(12)19(22)24-11/h3,7,9-11,16,18,21H,4-6,8H2,1-2H3/b7-3-. The van der Waals surface area contributed by atoms with Crippen molar-refractivity contribution in [2.45, 2.75) is 50.9 Å². The molecule has 1 N–H and O–H groups in total. The highest BCUT2D eigenvalue weighted by Gasteiger charge is 2.42. The van der Waals surface area contributed by atoms with Gasteiger partial charge in [0.15, 0.2) is 5.78 Å². The zero-order valence-electron chi connectivity index (χ0n) is 14.4. The second-order valence-electron chi connectivity index (χ2n) is 6.42. The fourth-order valence-corrected chi connectivity index (χ4v) is 3.07. The molecule has 3 rings (SSSR count). The lowest BCUT2D eigenvalue weighted by Crippen LogP contribution is -2.17. The summed E-state index contributed by atoms with van der Waals surface area (Å²) in [5.41, 5.74) is 0.850. The molecule has 1 saturated heterocycles. The lowest BCUT2D eigenvalue weighted by atomic mass is 9.98. The number of aromatic hydroxyl groups is 1. The van der Waals surface area contributed by atoms with Crippen molar-refractivity contribution in [3.05, 3.63) is 35.4 Å². The molecule has 0 bridgehead atoms. The normalized spacial score (nSPS) is 28.2. The predicted molar refractivity (Wildman–Crippen MR) is 89.9 cm³/mol. The van der Waals surface area contributed by atoms with Crippen LogP contribution in [0.3, 0.4) is 0 Å². The molecule has 6 nitrogen and oxygen atoms in total. The highest BCUT2D eigenvalue weighted by molar-refractivity contribution is 5.96. The second-order valence-corrected chi connectivity index (χ2v) is 6.42. The Bertz CT molecular complexity index is 708. The van der Waals surface area contributed by atoms with Crippen molar-refractivity contribution in [3.8, 4) is 11.5 Å². The molecule has 0 saturated carbocycles. The first-order valence-electron chi connectivity index (χ1n) is 8.46. The van der Waals surface area contributed by atoms with Gasteiger partial charge >= 0.3 is 5.97 Å². The van der Waals surface area contributed by atoms with E-state index in [1.54, 1.807) is 19.1 Å². The number of ether oxygens (including phenoxy) is 3. The number of carbonyl (C=O) groups excluding carboxylic acids is 2. The maximum absolute atomic E-state index is 12.5. The van der Waals surface area contributed by atoms with E-state index in [9.17, 15) is 14.7 Å². The number of benzene rings is 1. The molecule has 3 atom stereocenters. The molecule has 2 aliphatic rings. The highest BCUT2D eigenvalue weighted by atomic mass is 16.6. The fourth-order valence-electron chi connectivity index (χ4n) is 3.07. The number of methoxy groups -OCH3 is 1. The number of carbonyl (C=O) groups is 2. The van der Waals surface area contributed by atoms with E-state index in [0.717, 1.165) is 6.42 Å². The summed E-state index contributed by atoms with van der Waals surface area (Å²) in [6.07, 6.45) is 4.78. The zero-order valence-corrected chi connectivity index (χ0v) is 14.4. The molecule has 2 aliphatic heterocycles. The van der Waals surface area contributed by atoms with Gasteiger partial charge in [-0.3, -0.25) is 4.79 Å². The average Bonchev–Trinajstić information content (AvgIpc) is 3.33. The molecular formula is C19H22O6. The minimum Gasteiger partial charge on any atom is -0.507 e. The van der Waals surface area contributed by atoms with Crippen molar-refractivity contribution >= 4 is 11.8 Å². The SMILES string of the molecule is COc1cc(O)c2c(c1)CCCC1OC1C(=O)/C=C\CC(C)OC2=O. The molecule has 3 unspecified atom stereocenters. The molecule has 134 valence electrons. The van der Waals surface area contributed by atoms with Gasteiger partial charge in [0.1, 0.15) is 29.3 Å². The first-order valence-corrected chi connectivity index (χ1v) is 8.46. The molecule has 6 heteroatoms. The summed E-state index contributed by atoms with van der Waals surface area (Å²) >= 11 is 0. The van der Waals surface area contributed by atoms with Gasteiger partial charge in [0, 0.05) is 12.5 Å². The lowest BCUT2D eigenvalue weighted by molar-refractivity contribution is -0.115. The summed E-state index contributed by atoms with van der Waals surface area (Å²) < 4.78 is 16.0. The Hall–Kier alpha value is -2.34. The van der Waals surface area contributed by atoms with Gasteiger partial charge in [-0.25, -0.2) is 4.79 Å². The number of aryl methyl sites for hydroxylation is 1. The maximum Gasteiger partial charge on any atom is 0.342 e. The van der Waals surface area contributed by atoms with Crippen LogP contribution in [0.4, 0.5) is 0 Å². The number of phenolic OH excluding ortho intramolecular Hbond substituents is 1. The summed E-state index contributed by atoms with van der Waals surface area (Å²) in [4.78, 5) is 24.5. The quantitative estimate of drug-likeness (QED) is 0.621. The third-order valence-electron chi connectivity index (χ3n) is 4.47. The zero-order chi connectivity index (χ0) is 18.0. The third kappa shape index (κ3) is 4.02. The van der Waals surface area contributed by atoms with Crippen LogP contribution in [0, 0.1) is 0 Å². The molecule has 0 amide bonds. The lowest BCUT2D eigenvalue weighted by Gasteiger charge is -2.16. The summed E-state index contributed by atoms with van der Waals surface area (Å²) in [7, 11) is 1.51. The molecule has 1 aromatic carbocycles. The first kappa shape index (κ1) is 17.5. The molecular weight excluding hydrogens is 324 g/mol. The van der Waals surface area contributed by atoms with E-state index in [0.29, 0.717) is 30.6 Å². The van der Waals surface area contributed by atoms with Crippen LogP contribution in [0.15, 0.2) is 24.3 Å². The van der Waals surface area contributed by atoms with Gasteiger partial charge in [0.2, 0.25) is 0 Å². The number of hydrogen-bond acceptors (Lipinski definition) is 6. The van der Waals surface area contributed by atoms with Crippen molar-refractivity contribution in [2.24, 2.45) is 0 Å². The Labute approximate surface area is 146 Å². The van der Waals surface area contributed by atoms with E-state index >= 15 is 0 Å². The van der Waals surface area contributed by atoms with Crippen LogP contribution >= 0.6 is 0 Å². The Balaban J connectivity index is 1.88. The number of epoxide rings is 1. The summed E-state index contributed by atoms with van der Waals surface area (Å²) in [6.45, 7) is 1.75. The van der Waals surface area contributed by atoms with E-state index in [2.05, 4.69) is 0 Å². The molecule has 0 aliphatic carbocycles. The van der Waals surface area contributed by atoms with Crippen molar-refractivity contribution < 1.29 is 28.9 Å². The summed E-state index contributed by atoms with van der Waals surface area (Å²) in [5, 5.41) is 10.3. The molecule has 0 aromatic heterocycles. The van der Waals surface area contributed by atoms with E-state index in [4.69, 9.17) is 14.2 Å². The van der Waals surface area contributed by atoms with Gasteiger partial charge in [-0.05, 0) is 43.9 Å². The molecule has 1 fully saturated rings. The van der Waals surface area contributed by atoms with Gasteiger partial charge < -0.3 is 19.3 Å². The Kier molecular flexibility index (Phi) is 5.08. The van der Waals surface area contributed by atoms with Crippen molar-refractivity contribution in [1.82, 2.24) is 0 Å². The number of phenols is 1. The predicted octanol–water partition coefficient (Wildman–Crippen LogP) is 2.57. The Morgan fingerprint density at radius 3 is 2.84 bits per heavy atom. The van der Waals surface area contributed by atoms with E-state index in [1.165, 1.54) is 19.3 Å². The van der Waals surface area contributed by atoms with Gasteiger partial charge in [0.05, 0.1) is 13.2 Å². The largest absolute Gasteiger partial charge is 0.507 e. The van der Waals surface area contributed by atoms with Crippen LogP contribution < -0.4 is 4.74 Å². The number of esters is 1. The van der Waals surface area contributed by atoms with Crippen molar-refractivity contribution in [2.75, 3.05) is 7.11 Å². The average molecular weight is 346 g/mol. The number of rotatable bonds is 1. The van der Waals surface area contributed by atoms with Crippen molar-refractivity contribution in [3.63, 3.8) is 0 Å². The monoisotopic (exact) mass is 346 g/mol. The number of hydrogen-bond donors (Lipinski definition) is 1. The van der Waals surface area contributed by atoms with Crippen LogP contribution in [0.2, 0.25) is 0 Å². The second kappa shape index (κ2) is 7.27. The first-order chi connectivity index (χ1) is 12.0. The van der Waals surface area contributed by atoms with Crippen LogP contribution in [-0.2, 0) is 20.7 Å². The molecule has 25 heavy (non-hydrogen) atoms. The summed E-state index contributed by atoms with van der Waals surface area (Å²) in [6, 6.07) is 3.15. The number of cyclic esters (lactones) is 1. The van der Waals surface area contributed by atoms with Gasteiger partial charge in [-0.2, -0.15) is 0 Å². The fraction of sp³-hybridized carbons (Fsp3) is 0.474. The third-order valence-corrected chi connectivity index (χ3v) is 4.47. The number of fused-ring (bicyclic) bond motifs is 2. The topological polar surface area (TPSA) is 85.4 Å². The maximum atomic E-state index is 12.5. The van der Waals surface area contributed by atoms with Crippen LogP contribution in [0.25, 0.3) is 0 Å². The van der Waals surface area contributed by atoms with Crippen LogP contribution in [0.1, 0.15) is 42.1 Å². The van der Waals surface area contributed by atoms with E-state index in [-0.39, 0.29) is 29.3 Å². The van der Waals surface area contributed by atoms with Gasteiger partial charge in [0.25, 0.3) is 0 Å². The summed E-state index contributed by atoms with van der Waals surface area (Å²) in [5.74, 6) is -0.276. The highest BCUT2D eigenvalue weighted by Crippen LogP contribution is 2.32. The van der Waals surface area contributed by atoms with E-state index in [1.807, 2.05) is 0 Å². The van der Waals surface area contributed by atoms with Crippen molar-refractivity contribution in [1.29, 1.82) is 0 Å². The molecule has 0 spiro atoms. The minimum atomic E-state index is -0.569. The molecule has 0 radical (unpaired) electrons. The van der Waals surface area contributed by atoms with E-state index < -0.39 is 12.1 Å². The smallest absolute Gasteiger partial charge is 0.342 e. The minimum absolute atomic E-state index is 0.0414. The molecule has 1 aromatic rings. The Morgan fingerprint density at radius 1 is 1.28 bits per heavy atom.